The van der Waals surface area contributed by atoms with Crippen LogP contribution in [0.4, 0.5) is 5.69 Å². The van der Waals surface area contributed by atoms with Crippen molar-refractivity contribution in [2.24, 2.45) is 0 Å². The zero-order chi connectivity index (χ0) is 22.4. The number of hydrogen-bond acceptors (Lipinski definition) is 9. The Hall–Kier alpha value is -2.07. The molecule has 0 spiro atoms. The molecule has 164 valence electrons. The van der Waals surface area contributed by atoms with Gasteiger partial charge in [-0.3, -0.25) is 14.6 Å². The Kier molecular flexibility index (Phi) is 8.31. The number of rotatable bonds is 11. The van der Waals surface area contributed by atoms with Gasteiger partial charge in [-0.05, 0) is 61.1 Å². The van der Waals surface area contributed by atoms with E-state index in [0.717, 1.165) is 29.9 Å². The zero-order valence-corrected chi connectivity index (χ0v) is 19.1. The van der Waals surface area contributed by atoms with Gasteiger partial charge in [0, 0.05) is 17.4 Å². The SMILES string of the molecule is CCOP(=O)(Oc1ccc(S(=O)(=O)Oc2ccc([N+](=O)[O-])cc2)cc1)SC(C)CC. The van der Waals surface area contributed by atoms with Gasteiger partial charge in [-0.1, -0.05) is 13.8 Å². The lowest BCUT2D eigenvalue weighted by molar-refractivity contribution is -0.384. The molecule has 0 saturated carbocycles. The van der Waals surface area contributed by atoms with Crippen molar-refractivity contribution in [2.45, 2.75) is 37.3 Å². The second-order valence-corrected chi connectivity index (χ2v) is 11.9. The van der Waals surface area contributed by atoms with Crippen molar-refractivity contribution in [1.82, 2.24) is 0 Å². The van der Waals surface area contributed by atoms with Crippen LogP contribution in [0.3, 0.4) is 0 Å². The van der Waals surface area contributed by atoms with Gasteiger partial charge >= 0.3 is 16.9 Å². The molecule has 0 heterocycles. The number of hydrogen-bond donors (Lipinski definition) is 0. The number of nitro benzene ring substituents is 1. The van der Waals surface area contributed by atoms with E-state index in [4.69, 9.17) is 13.2 Å². The van der Waals surface area contributed by atoms with Gasteiger partial charge < -0.3 is 8.71 Å². The Morgan fingerprint density at radius 2 is 1.63 bits per heavy atom. The third kappa shape index (κ3) is 6.73. The summed E-state index contributed by atoms with van der Waals surface area (Å²) in [5.41, 5.74) is -0.185. The first-order valence-electron chi connectivity index (χ1n) is 9.00. The number of non-ortho nitro benzene ring substituents is 1. The lowest BCUT2D eigenvalue weighted by Crippen LogP contribution is -2.09. The molecule has 0 radical (unpaired) electrons. The van der Waals surface area contributed by atoms with Crippen LogP contribution >= 0.6 is 18.2 Å². The van der Waals surface area contributed by atoms with E-state index >= 15 is 0 Å². The van der Waals surface area contributed by atoms with Crippen LogP contribution in [0.5, 0.6) is 11.5 Å². The standard InChI is InChI=1S/C18H22NO8PS2/c1-4-14(3)29-28(22,25-5-2)26-16-10-12-18(13-11-16)30(23,24)27-17-8-6-15(7-9-17)19(20)21/h6-14H,4-5H2,1-3H3. The van der Waals surface area contributed by atoms with Crippen molar-refractivity contribution in [3.05, 3.63) is 58.6 Å². The van der Waals surface area contributed by atoms with Crippen LogP contribution in [0.1, 0.15) is 27.2 Å². The van der Waals surface area contributed by atoms with E-state index in [9.17, 15) is 23.1 Å². The van der Waals surface area contributed by atoms with Gasteiger partial charge in [-0.15, -0.1) is 0 Å². The predicted octanol–water partition coefficient (Wildman–Crippen LogP) is 5.42. The second kappa shape index (κ2) is 10.3. The third-order valence-electron chi connectivity index (χ3n) is 3.75. The highest BCUT2D eigenvalue weighted by atomic mass is 32.7. The molecule has 0 aliphatic heterocycles. The summed E-state index contributed by atoms with van der Waals surface area (Å²) < 4.78 is 53.6. The van der Waals surface area contributed by atoms with Gasteiger partial charge in [0.2, 0.25) is 0 Å². The third-order valence-corrected chi connectivity index (χ3v) is 9.37. The number of benzene rings is 2. The molecular formula is C18H22NO8PS2. The van der Waals surface area contributed by atoms with Crippen molar-refractivity contribution in [3.8, 4) is 11.5 Å². The highest BCUT2D eigenvalue weighted by Crippen LogP contribution is 2.62. The molecule has 12 heteroatoms. The van der Waals surface area contributed by atoms with Crippen molar-refractivity contribution in [1.29, 1.82) is 0 Å². The van der Waals surface area contributed by atoms with Crippen molar-refractivity contribution >= 4 is 34.0 Å². The summed E-state index contributed by atoms with van der Waals surface area (Å²) in [4.78, 5) is 9.91. The van der Waals surface area contributed by atoms with Crippen LogP contribution in [0.25, 0.3) is 0 Å². The van der Waals surface area contributed by atoms with Crippen molar-refractivity contribution in [2.75, 3.05) is 6.61 Å². The van der Waals surface area contributed by atoms with E-state index in [0.29, 0.717) is 0 Å². The summed E-state index contributed by atoms with van der Waals surface area (Å²) >= 11 is 1.10. The fraction of sp³-hybridized carbons (Fsp3) is 0.333. The van der Waals surface area contributed by atoms with E-state index in [-0.39, 0.29) is 33.9 Å². The quantitative estimate of drug-likeness (QED) is 0.181. The smallest absolute Gasteiger partial charge is 0.417 e. The van der Waals surface area contributed by atoms with Gasteiger partial charge in [0.05, 0.1) is 11.5 Å². The summed E-state index contributed by atoms with van der Waals surface area (Å²) in [5.74, 6) is 0.128. The first-order valence-corrected chi connectivity index (χ1v) is 13.4. The Morgan fingerprint density at radius 3 is 2.13 bits per heavy atom. The van der Waals surface area contributed by atoms with Crippen LogP contribution in [0, 0.1) is 10.1 Å². The summed E-state index contributed by atoms with van der Waals surface area (Å²) in [6.07, 6.45) is 0.780. The first kappa shape index (κ1) is 24.2. The van der Waals surface area contributed by atoms with Crippen LogP contribution in [-0.4, -0.2) is 25.2 Å². The zero-order valence-electron chi connectivity index (χ0n) is 16.6. The maximum atomic E-state index is 12.9. The van der Waals surface area contributed by atoms with Gasteiger partial charge in [-0.25, -0.2) is 4.57 Å². The molecule has 2 rings (SSSR count). The molecule has 0 aliphatic carbocycles. The summed E-state index contributed by atoms with van der Waals surface area (Å²) in [7, 11) is -4.17. The molecule has 2 atom stereocenters. The van der Waals surface area contributed by atoms with Crippen molar-refractivity contribution < 1.29 is 31.1 Å². The summed E-state index contributed by atoms with van der Waals surface area (Å²) in [6, 6.07) is 9.88. The first-order chi connectivity index (χ1) is 14.1. The van der Waals surface area contributed by atoms with Crippen LogP contribution < -0.4 is 8.71 Å². The Balaban J connectivity index is 2.14. The van der Waals surface area contributed by atoms with Gasteiger partial charge in [0.15, 0.2) is 0 Å². The molecule has 0 aliphatic rings. The molecule has 2 aromatic carbocycles. The Morgan fingerprint density at radius 1 is 1.07 bits per heavy atom. The molecule has 0 saturated heterocycles. The minimum absolute atomic E-state index is 0.0529. The Bertz CT molecular complexity index is 1010. The van der Waals surface area contributed by atoms with Gasteiger partial charge in [0.25, 0.3) is 5.69 Å². The fourth-order valence-electron chi connectivity index (χ4n) is 2.13. The molecule has 2 unspecified atom stereocenters. The maximum absolute atomic E-state index is 12.9. The molecule has 0 bridgehead atoms. The van der Waals surface area contributed by atoms with E-state index in [1.54, 1.807) is 6.92 Å². The average molecular weight is 475 g/mol. The monoisotopic (exact) mass is 475 g/mol. The highest BCUT2D eigenvalue weighted by molar-refractivity contribution is 8.55. The van der Waals surface area contributed by atoms with Crippen molar-refractivity contribution in [3.63, 3.8) is 0 Å². The Labute approximate surface area is 179 Å². The molecule has 0 fully saturated rings. The van der Waals surface area contributed by atoms with E-state index in [1.165, 1.54) is 36.4 Å². The topological polar surface area (TPSA) is 122 Å². The van der Waals surface area contributed by atoms with E-state index < -0.39 is 21.8 Å². The van der Waals surface area contributed by atoms with Crippen LogP contribution in [0.15, 0.2) is 53.4 Å². The van der Waals surface area contributed by atoms with E-state index in [2.05, 4.69) is 0 Å². The minimum atomic E-state index is -4.17. The number of nitrogens with zero attached hydrogens (tertiary/aromatic N) is 1. The minimum Gasteiger partial charge on any atom is -0.417 e. The van der Waals surface area contributed by atoms with Gasteiger partial charge in [-0.2, -0.15) is 8.42 Å². The fourth-order valence-corrected chi connectivity index (χ4v) is 7.15. The lowest BCUT2D eigenvalue weighted by Gasteiger charge is -2.20. The molecule has 2 aromatic rings. The van der Waals surface area contributed by atoms with Crippen LogP contribution in [0.2, 0.25) is 0 Å². The molecular weight excluding hydrogens is 453 g/mol. The molecule has 0 aromatic heterocycles. The molecule has 30 heavy (non-hydrogen) atoms. The normalized spacial score (nSPS) is 14.5. The summed E-state index contributed by atoms with van der Waals surface area (Å²) in [5, 5.41) is 10.7. The molecule has 0 N–H and O–H groups in total. The highest BCUT2D eigenvalue weighted by Gasteiger charge is 2.29. The lowest BCUT2D eigenvalue weighted by atomic mass is 10.3. The molecule has 0 amide bonds. The second-order valence-electron chi connectivity index (χ2n) is 6.04. The van der Waals surface area contributed by atoms with E-state index in [1.807, 2.05) is 13.8 Å². The molecule has 9 nitrogen and oxygen atoms in total. The average Bonchev–Trinajstić information content (AvgIpc) is 2.68. The van der Waals surface area contributed by atoms with Gasteiger partial charge in [0.1, 0.15) is 16.4 Å². The number of nitro groups is 1. The van der Waals surface area contributed by atoms with Crippen LogP contribution in [-0.2, 0) is 19.2 Å². The maximum Gasteiger partial charge on any atom is 0.440 e. The largest absolute Gasteiger partial charge is 0.440 e. The summed E-state index contributed by atoms with van der Waals surface area (Å²) in [6.45, 7) is 2.32. The predicted molar refractivity (Wildman–Crippen MR) is 115 cm³/mol.